The van der Waals surface area contributed by atoms with E-state index in [1.165, 1.54) is 0 Å². The van der Waals surface area contributed by atoms with Crippen LogP contribution in [-0.4, -0.2) is 16.4 Å². The first-order valence-corrected chi connectivity index (χ1v) is 7.92. The lowest BCUT2D eigenvalue weighted by Crippen LogP contribution is -2.12. The van der Waals surface area contributed by atoms with Crippen molar-refractivity contribution in [1.82, 2.24) is 0 Å². The third-order valence-electron chi connectivity index (χ3n) is 2.90. The molecule has 0 aliphatic rings. The molecule has 3 nitrogen and oxygen atoms in total. The molecular weight excluding hydrogens is 294 g/mol. The van der Waals surface area contributed by atoms with Gasteiger partial charge in [0, 0.05) is 38.2 Å². The van der Waals surface area contributed by atoms with E-state index in [-0.39, 0.29) is 5.91 Å². The summed E-state index contributed by atoms with van der Waals surface area (Å²) in [4.78, 5) is 12.8. The highest BCUT2D eigenvalue weighted by molar-refractivity contribution is 7.84. The van der Waals surface area contributed by atoms with E-state index < -0.39 is 10.8 Å². The van der Waals surface area contributed by atoms with Crippen molar-refractivity contribution >= 4 is 34.0 Å². The van der Waals surface area contributed by atoms with Crippen LogP contribution in [0.4, 0.5) is 5.69 Å². The maximum atomic E-state index is 12.1. The van der Waals surface area contributed by atoms with E-state index in [1.54, 1.807) is 42.7 Å². The van der Waals surface area contributed by atoms with Crippen molar-refractivity contribution in [3.05, 3.63) is 58.6 Å². The molecule has 1 N–H and O–H groups in total. The van der Waals surface area contributed by atoms with E-state index in [9.17, 15) is 9.00 Å². The number of halogens is 1. The maximum absolute atomic E-state index is 12.1. The molecule has 0 aliphatic carbocycles. The number of anilines is 1. The average Bonchev–Trinajstić information content (AvgIpc) is 2.43. The van der Waals surface area contributed by atoms with E-state index in [2.05, 4.69) is 5.32 Å². The fourth-order valence-electron chi connectivity index (χ4n) is 1.72. The smallest absolute Gasteiger partial charge is 0.255 e. The van der Waals surface area contributed by atoms with Crippen LogP contribution in [0.1, 0.15) is 15.9 Å². The summed E-state index contributed by atoms with van der Waals surface area (Å²) in [5.74, 6) is -0.219. The van der Waals surface area contributed by atoms with E-state index in [1.807, 2.05) is 13.0 Å². The summed E-state index contributed by atoms with van der Waals surface area (Å²) in [5.41, 5.74) is 2.14. The lowest BCUT2D eigenvalue weighted by molar-refractivity contribution is 0.102. The van der Waals surface area contributed by atoms with E-state index >= 15 is 0 Å². The van der Waals surface area contributed by atoms with Crippen molar-refractivity contribution in [3.63, 3.8) is 0 Å². The second kappa shape index (κ2) is 6.20. The highest BCUT2D eigenvalue weighted by Crippen LogP contribution is 2.21. The van der Waals surface area contributed by atoms with Crippen molar-refractivity contribution in [3.8, 4) is 0 Å². The number of rotatable bonds is 3. The van der Waals surface area contributed by atoms with Gasteiger partial charge >= 0.3 is 0 Å². The topological polar surface area (TPSA) is 46.2 Å². The Morgan fingerprint density at radius 2 is 1.80 bits per heavy atom. The zero-order chi connectivity index (χ0) is 14.7. The van der Waals surface area contributed by atoms with Crippen LogP contribution in [-0.2, 0) is 10.8 Å². The molecule has 0 saturated heterocycles. The minimum Gasteiger partial charge on any atom is -0.322 e. The van der Waals surface area contributed by atoms with Crippen LogP contribution < -0.4 is 5.32 Å². The number of aryl methyl sites for hydroxylation is 1. The van der Waals surface area contributed by atoms with Crippen LogP contribution in [0.2, 0.25) is 5.02 Å². The van der Waals surface area contributed by atoms with E-state index in [0.29, 0.717) is 21.2 Å². The molecule has 2 rings (SSSR count). The molecule has 0 fully saturated rings. The zero-order valence-corrected chi connectivity index (χ0v) is 12.7. The molecule has 0 bridgehead atoms. The number of benzene rings is 2. The zero-order valence-electron chi connectivity index (χ0n) is 11.1. The number of carbonyl (C=O) groups is 1. The van der Waals surface area contributed by atoms with Gasteiger partial charge in [-0.3, -0.25) is 9.00 Å². The fraction of sp³-hybridized carbons (Fsp3) is 0.133. The predicted octanol–water partition coefficient (Wildman–Crippen LogP) is 3.64. The van der Waals surface area contributed by atoms with Gasteiger partial charge in [0.15, 0.2) is 0 Å². The molecule has 0 aliphatic heterocycles. The Kier molecular flexibility index (Phi) is 4.57. The van der Waals surface area contributed by atoms with Gasteiger partial charge in [-0.1, -0.05) is 17.7 Å². The molecule has 2 aromatic carbocycles. The van der Waals surface area contributed by atoms with Crippen LogP contribution in [0.15, 0.2) is 47.4 Å². The Balaban J connectivity index is 2.19. The molecule has 1 atom stereocenters. The predicted molar refractivity (Wildman–Crippen MR) is 82.9 cm³/mol. The number of hydrogen-bond donors (Lipinski definition) is 1. The first-order valence-electron chi connectivity index (χ1n) is 5.98. The standard InChI is InChI=1S/C15H14ClNO2S/c1-10-3-6-12(16)9-14(10)17-15(18)11-4-7-13(8-5-11)20(2)19/h3-9H,1-2H3,(H,17,18). The van der Waals surface area contributed by atoms with Crippen molar-refractivity contribution in [2.45, 2.75) is 11.8 Å². The molecule has 1 unspecified atom stereocenters. The molecule has 0 heterocycles. The van der Waals surface area contributed by atoms with Crippen LogP contribution in [0, 0.1) is 6.92 Å². The largest absolute Gasteiger partial charge is 0.322 e. The van der Waals surface area contributed by atoms with Gasteiger partial charge in [0.25, 0.3) is 5.91 Å². The monoisotopic (exact) mass is 307 g/mol. The highest BCUT2D eigenvalue weighted by atomic mass is 35.5. The van der Waals surface area contributed by atoms with Crippen molar-refractivity contribution in [1.29, 1.82) is 0 Å². The quantitative estimate of drug-likeness (QED) is 0.941. The van der Waals surface area contributed by atoms with Crippen LogP contribution in [0.25, 0.3) is 0 Å². The van der Waals surface area contributed by atoms with Gasteiger partial charge in [-0.05, 0) is 48.9 Å². The van der Waals surface area contributed by atoms with Crippen molar-refractivity contribution in [2.75, 3.05) is 11.6 Å². The molecule has 104 valence electrons. The first-order chi connectivity index (χ1) is 9.47. The number of nitrogens with one attached hydrogen (secondary N) is 1. The second-order valence-electron chi connectivity index (χ2n) is 4.39. The van der Waals surface area contributed by atoms with Crippen molar-refractivity contribution < 1.29 is 9.00 Å². The molecule has 5 heteroatoms. The Hall–Kier alpha value is -1.65. The second-order valence-corrected chi connectivity index (χ2v) is 6.21. The van der Waals surface area contributed by atoms with Crippen molar-refractivity contribution in [2.24, 2.45) is 0 Å². The average molecular weight is 308 g/mol. The summed E-state index contributed by atoms with van der Waals surface area (Å²) in [5, 5.41) is 3.39. The Labute approximate surface area is 125 Å². The number of amides is 1. The molecular formula is C15H14ClNO2S. The lowest BCUT2D eigenvalue weighted by Gasteiger charge is -2.09. The molecule has 20 heavy (non-hydrogen) atoms. The summed E-state index contributed by atoms with van der Waals surface area (Å²) >= 11 is 5.92. The molecule has 2 aromatic rings. The number of carbonyl (C=O) groups excluding carboxylic acids is 1. The normalized spacial score (nSPS) is 11.9. The van der Waals surface area contributed by atoms with Gasteiger partial charge < -0.3 is 5.32 Å². The van der Waals surface area contributed by atoms with E-state index in [0.717, 1.165) is 5.56 Å². The van der Waals surface area contributed by atoms with Gasteiger partial charge in [0.2, 0.25) is 0 Å². The minimum atomic E-state index is -1.04. The molecule has 0 saturated carbocycles. The Morgan fingerprint density at radius 1 is 1.15 bits per heavy atom. The van der Waals surface area contributed by atoms with Gasteiger partial charge in [-0.25, -0.2) is 0 Å². The molecule has 0 spiro atoms. The van der Waals surface area contributed by atoms with Crippen LogP contribution in [0.5, 0.6) is 0 Å². The fourth-order valence-corrected chi connectivity index (χ4v) is 2.41. The maximum Gasteiger partial charge on any atom is 0.255 e. The van der Waals surface area contributed by atoms with Gasteiger partial charge in [0.05, 0.1) is 0 Å². The van der Waals surface area contributed by atoms with Crippen LogP contribution >= 0.6 is 11.6 Å². The van der Waals surface area contributed by atoms with Gasteiger partial charge in [-0.15, -0.1) is 0 Å². The molecule has 0 radical (unpaired) electrons. The van der Waals surface area contributed by atoms with Crippen LogP contribution in [0.3, 0.4) is 0 Å². The summed E-state index contributed by atoms with van der Waals surface area (Å²) in [6, 6.07) is 12.0. The lowest BCUT2D eigenvalue weighted by atomic mass is 10.1. The third kappa shape index (κ3) is 3.46. The Bertz CT molecular complexity index is 668. The van der Waals surface area contributed by atoms with E-state index in [4.69, 9.17) is 11.6 Å². The molecule has 0 aromatic heterocycles. The third-order valence-corrected chi connectivity index (χ3v) is 4.07. The summed E-state index contributed by atoms with van der Waals surface area (Å²) < 4.78 is 11.3. The first kappa shape index (κ1) is 14.8. The summed E-state index contributed by atoms with van der Waals surface area (Å²) in [6.07, 6.45) is 1.60. The summed E-state index contributed by atoms with van der Waals surface area (Å²) in [7, 11) is -1.04. The highest BCUT2D eigenvalue weighted by Gasteiger charge is 2.08. The van der Waals surface area contributed by atoms with Gasteiger partial charge in [0.1, 0.15) is 0 Å². The molecule has 1 amide bonds. The minimum absolute atomic E-state index is 0.219. The summed E-state index contributed by atoms with van der Waals surface area (Å²) in [6.45, 7) is 1.90. The van der Waals surface area contributed by atoms with Gasteiger partial charge in [-0.2, -0.15) is 0 Å². The Morgan fingerprint density at radius 3 is 2.40 bits per heavy atom. The number of hydrogen-bond acceptors (Lipinski definition) is 2. The SMILES string of the molecule is Cc1ccc(Cl)cc1NC(=O)c1ccc(S(C)=O)cc1.